The third-order valence-corrected chi connectivity index (χ3v) is 3.59. The number of fused-ring (bicyclic) bond motifs is 1. The molecular formula is C18H17N3O4. The van der Waals surface area contributed by atoms with E-state index in [1.165, 1.54) is 0 Å². The van der Waals surface area contributed by atoms with Crippen molar-refractivity contribution >= 4 is 28.7 Å². The van der Waals surface area contributed by atoms with Gasteiger partial charge in [-0.25, -0.2) is 9.78 Å². The Balaban J connectivity index is 2.01. The van der Waals surface area contributed by atoms with E-state index in [2.05, 4.69) is 15.5 Å². The Hall–Kier alpha value is -3.22. The number of hydrogen-bond acceptors (Lipinski definition) is 5. The fourth-order valence-corrected chi connectivity index (χ4v) is 2.50. The number of pyridine rings is 1. The molecule has 1 aromatic carbocycles. The summed E-state index contributed by atoms with van der Waals surface area (Å²) in [5, 5.41) is 16.7. The van der Waals surface area contributed by atoms with Gasteiger partial charge in [0.05, 0.1) is 11.2 Å². The van der Waals surface area contributed by atoms with Gasteiger partial charge in [0.25, 0.3) is 0 Å². The molecule has 3 aromatic rings. The van der Waals surface area contributed by atoms with Gasteiger partial charge in [-0.3, -0.25) is 10.1 Å². The zero-order chi connectivity index (χ0) is 18.0. The number of aromatic carboxylic acids is 1. The number of para-hydroxylation sites is 1. The van der Waals surface area contributed by atoms with Crippen molar-refractivity contribution in [3.8, 4) is 11.4 Å². The van der Waals surface area contributed by atoms with Gasteiger partial charge in [-0.15, -0.1) is 0 Å². The van der Waals surface area contributed by atoms with E-state index < -0.39 is 5.97 Å². The first-order valence-corrected chi connectivity index (χ1v) is 7.84. The van der Waals surface area contributed by atoms with Crippen LogP contribution in [0.4, 0.5) is 5.88 Å². The number of carboxylic acid groups (broad SMARTS) is 1. The maximum absolute atomic E-state index is 11.9. The van der Waals surface area contributed by atoms with E-state index in [0.29, 0.717) is 11.2 Å². The summed E-state index contributed by atoms with van der Waals surface area (Å²) < 4.78 is 5.07. The molecule has 0 spiro atoms. The van der Waals surface area contributed by atoms with E-state index in [0.717, 1.165) is 5.39 Å². The Morgan fingerprint density at radius 1 is 1.20 bits per heavy atom. The van der Waals surface area contributed by atoms with Crippen molar-refractivity contribution in [2.45, 2.75) is 20.3 Å². The molecule has 1 amide bonds. The molecule has 0 saturated heterocycles. The fraction of sp³-hybridized carbons (Fsp3) is 0.222. The summed E-state index contributed by atoms with van der Waals surface area (Å²) in [6, 6.07) is 11.0. The number of carbonyl (C=O) groups is 2. The second kappa shape index (κ2) is 6.72. The molecule has 0 saturated carbocycles. The van der Waals surface area contributed by atoms with E-state index in [9.17, 15) is 14.7 Å². The van der Waals surface area contributed by atoms with Gasteiger partial charge in [-0.2, -0.15) is 0 Å². The lowest BCUT2D eigenvalue weighted by Crippen LogP contribution is -2.15. The monoisotopic (exact) mass is 339 g/mol. The predicted molar refractivity (Wildman–Crippen MR) is 92.3 cm³/mol. The minimum absolute atomic E-state index is 0.0816. The summed E-state index contributed by atoms with van der Waals surface area (Å²) in [6.45, 7) is 3.78. The minimum Gasteiger partial charge on any atom is -0.477 e. The highest BCUT2D eigenvalue weighted by molar-refractivity contribution is 6.03. The maximum Gasteiger partial charge on any atom is 0.343 e. The Kier molecular flexibility index (Phi) is 4.47. The quantitative estimate of drug-likeness (QED) is 0.736. The Morgan fingerprint density at radius 3 is 2.68 bits per heavy atom. The van der Waals surface area contributed by atoms with Crippen LogP contribution in [0.5, 0.6) is 0 Å². The predicted octanol–water partition coefficient (Wildman–Crippen LogP) is 3.57. The van der Waals surface area contributed by atoms with E-state index in [-0.39, 0.29) is 35.4 Å². The van der Waals surface area contributed by atoms with Crippen molar-refractivity contribution in [3.63, 3.8) is 0 Å². The van der Waals surface area contributed by atoms with E-state index in [1.807, 2.05) is 44.2 Å². The molecule has 0 aliphatic heterocycles. The van der Waals surface area contributed by atoms with Gasteiger partial charge in [0.15, 0.2) is 5.56 Å². The first-order chi connectivity index (χ1) is 12.0. The number of aromatic nitrogens is 2. The molecule has 7 heteroatoms. The van der Waals surface area contributed by atoms with Gasteiger partial charge in [-0.05, 0) is 18.1 Å². The number of nitrogens with one attached hydrogen (secondary N) is 1. The molecule has 0 bridgehead atoms. The van der Waals surface area contributed by atoms with Crippen LogP contribution in [0.25, 0.3) is 22.3 Å². The molecule has 0 unspecified atom stereocenters. The molecule has 0 fully saturated rings. The largest absolute Gasteiger partial charge is 0.477 e. The van der Waals surface area contributed by atoms with Gasteiger partial charge >= 0.3 is 5.97 Å². The van der Waals surface area contributed by atoms with Crippen molar-refractivity contribution in [1.82, 2.24) is 10.1 Å². The highest BCUT2D eigenvalue weighted by Crippen LogP contribution is 2.29. The molecular weight excluding hydrogens is 322 g/mol. The fourth-order valence-electron chi connectivity index (χ4n) is 2.50. The first kappa shape index (κ1) is 16.6. The first-order valence-electron chi connectivity index (χ1n) is 7.84. The second-order valence-electron chi connectivity index (χ2n) is 6.08. The van der Waals surface area contributed by atoms with Crippen LogP contribution in [0.1, 0.15) is 30.6 Å². The van der Waals surface area contributed by atoms with Crippen LogP contribution < -0.4 is 5.32 Å². The minimum atomic E-state index is -1.24. The zero-order valence-electron chi connectivity index (χ0n) is 13.8. The van der Waals surface area contributed by atoms with E-state index >= 15 is 0 Å². The highest BCUT2D eigenvalue weighted by Gasteiger charge is 2.26. The lowest BCUT2D eigenvalue weighted by molar-refractivity contribution is -0.117. The maximum atomic E-state index is 11.9. The molecule has 0 radical (unpaired) electrons. The smallest absolute Gasteiger partial charge is 0.343 e. The van der Waals surface area contributed by atoms with Crippen LogP contribution in [0, 0.1) is 5.92 Å². The molecule has 2 N–H and O–H groups in total. The van der Waals surface area contributed by atoms with Crippen molar-refractivity contribution in [2.24, 2.45) is 5.92 Å². The summed E-state index contributed by atoms with van der Waals surface area (Å²) in [7, 11) is 0. The van der Waals surface area contributed by atoms with Crippen LogP contribution in [0.3, 0.4) is 0 Å². The summed E-state index contributed by atoms with van der Waals surface area (Å²) >= 11 is 0. The van der Waals surface area contributed by atoms with Crippen LogP contribution in [0.2, 0.25) is 0 Å². The van der Waals surface area contributed by atoms with Crippen molar-refractivity contribution < 1.29 is 19.2 Å². The molecule has 25 heavy (non-hydrogen) atoms. The molecule has 0 aliphatic carbocycles. The normalized spacial score (nSPS) is 11.0. The van der Waals surface area contributed by atoms with Crippen LogP contribution in [-0.2, 0) is 4.79 Å². The number of carbonyl (C=O) groups excluding carboxylic acids is 1. The standard InChI is InChI=1S/C18H17N3O4/c1-10(2)9-14(22)20-17-15(18(23)24)16(21-25-17)13-8-7-11-5-3-4-6-12(11)19-13/h3-8,10H,9H2,1-2H3,(H,20,22)(H,23,24). The SMILES string of the molecule is CC(C)CC(=O)Nc1onc(-c2ccc3ccccc3n2)c1C(=O)O. The summed E-state index contributed by atoms with van der Waals surface area (Å²) in [5.74, 6) is -1.61. The molecule has 2 aromatic heterocycles. The van der Waals surface area contributed by atoms with Gasteiger partial charge in [0, 0.05) is 11.8 Å². The topological polar surface area (TPSA) is 105 Å². The number of hydrogen-bond donors (Lipinski definition) is 2. The van der Waals surface area contributed by atoms with Crippen LogP contribution in [-0.4, -0.2) is 27.1 Å². The second-order valence-corrected chi connectivity index (χ2v) is 6.08. The third-order valence-electron chi connectivity index (χ3n) is 3.59. The van der Waals surface area contributed by atoms with Crippen LogP contribution >= 0.6 is 0 Å². The number of nitrogens with zero attached hydrogens (tertiary/aromatic N) is 2. The number of benzene rings is 1. The number of amides is 1. The summed E-state index contributed by atoms with van der Waals surface area (Å²) in [5.41, 5.74) is 0.951. The summed E-state index contributed by atoms with van der Waals surface area (Å²) in [6.07, 6.45) is 0.253. The van der Waals surface area contributed by atoms with Crippen molar-refractivity contribution in [1.29, 1.82) is 0 Å². The van der Waals surface area contributed by atoms with Gasteiger partial charge in [-0.1, -0.05) is 43.3 Å². The third kappa shape index (κ3) is 3.50. The molecule has 2 heterocycles. The number of carboxylic acids is 1. The molecule has 0 atom stereocenters. The van der Waals surface area contributed by atoms with Gasteiger partial charge in [0.1, 0.15) is 5.69 Å². The van der Waals surface area contributed by atoms with E-state index in [1.54, 1.807) is 6.07 Å². The highest BCUT2D eigenvalue weighted by atomic mass is 16.5. The van der Waals surface area contributed by atoms with Crippen molar-refractivity contribution in [3.05, 3.63) is 42.0 Å². The molecule has 128 valence electrons. The van der Waals surface area contributed by atoms with Crippen molar-refractivity contribution in [2.75, 3.05) is 5.32 Å². The Bertz CT molecular complexity index is 946. The average Bonchev–Trinajstić information content (AvgIpc) is 2.97. The zero-order valence-corrected chi connectivity index (χ0v) is 13.8. The van der Waals surface area contributed by atoms with Crippen LogP contribution in [0.15, 0.2) is 40.9 Å². The van der Waals surface area contributed by atoms with E-state index in [4.69, 9.17) is 4.52 Å². The van der Waals surface area contributed by atoms with Gasteiger partial charge in [0.2, 0.25) is 11.8 Å². The number of anilines is 1. The lowest BCUT2D eigenvalue weighted by Gasteiger charge is -2.05. The van der Waals surface area contributed by atoms with Gasteiger partial charge < -0.3 is 9.63 Å². The Labute approximate surface area is 143 Å². The summed E-state index contributed by atoms with van der Waals surface area (Å²) in [4.78, 5) is 28.0. The Morgan fingerprint density at radius 2 is 1.96 bits per heavy atom. The number of rotatable bonds is 5. The average molecular weight is 339 g/mol. The lowest BCUT2D eigenvalue weighted by atomic mass is 10.1. The molecule has 3 rings (SSSR count). The molecule has 7 nitrogen and oxygen atoms in total. The molecule has 0 aliphatic rings.